The number of urea groups is 1. The van der Waals surface area contributed by atoms with E-state index in [-0.39, 0.29) is 12.1 Å². The van der Waals surface area contributed by atoms with Crippen LogP contribution in [0.3, 0.4) is 0 Å². The Balaban J connectivity index is 1.96. The number of nitrogens with zero attached hydrogens (tertiary/aromatic N) is 3. The van der Waals surface area contributed by atoms with Crippen molar-refractivity contribution < 1.29 is 14.7 Å². The molecular weight excluding hydrogens is 246 g/mol. The maximum atomic E-state index is 12.4. The predicted molar refractivity (Wildman–Crippen MR) is 67.3 cm³/mol. The smallest absolute Gasteiger partial charge is 0.320 e. The molecule has 0 aromatic rings. The van der Waals surface area contributed by atoms with Crippen LogP contribution >= 0.6 is 0 Å². The molecule has 6 nitrogen and oxygen atoms in total. The lowest BCUT2D eigenvalue weighted by Crippen LogP contribution is -2.49. The number of piperidine rings is 1. The minimum absolute atomic E-state index is 0.0938. The van der Waals surface area contributed by atoms with Crippen LogP contribution in [0, 0.1) is 17.2 Å². The highest BCUT2D eigenvalue weighted by Gasteiger charge is 2.36. The quantitative estimate of drug-likeness (QED) is 0.829. The highest BCUT2D eigenvalue weighted by molar-refractivity contribution is 5.77. The molecule has 2 rings (SSSR count). The van der Waals surface area contributed by atoms with E-state index in [1.807, 2.05) is 0 Å². The molecule has 19 heavy (non-hydrogen) atoms. The molecule has 0 aromatic heterocycles. The van der Waals surface area contributed by atoms with Gasteiger partial charge in [-0.3, -0.25) is 4.79 Å². The van der Waals surface area contributed by atoms with Crippen molar-refractivity contribution in [2.45, 2.75) is 38.1 Å². The van der Waals surface area contributed by atoms with Crippen LogP contribution in [-0.2, 0) is 4.79 Å². The zero-order valence-corrected chi connectivity index (χ0v) is 10.9. The van der Waals surface area contributed by atoms with Gasteiger partial charge in [-0.1, -0.05) is 0 Å². The Bertz CT molecular complexity index is 400. The number of nitriles is 1. The molecule has 1 N–H and O–H groups in total. The fourth-order valence-electron chi connectivity index (χ4n) is 2.53. The maximum absolute atomic E-state index is 12.4. The lowest BCUT2D eigenvalue weighted by atomic mass is 9.98. The summed E-state index contributed by atoms with van der Waals surface area (Å²) in [5.41, 5.74) is 0. The van der Waals surface area contributed by atoms with E-state index >= 15 is 0 Å². The molecule has 2 aliphatic rings. The molecule has 0 spiro atoms. The molecule has 0 radical (unpaired) electrons. The van der Waals surface area contributed by atoms with Gasteiger partial charge in [0.05, 0.1) is 18.4 Å². The van der Waals surface area contributed by atoms with Gasteiger partial charge in [0.15, 0.2) is 0 Å². The third-order valence-corrected chi connectivity index (χ3v) is 3.74. The number of hydrogen-bond acceptors (Lipinski definition) is 3. The van der Waals surface area contributed by atoms with E-state index in [1.165, 1.54) is 0 Å². The second kappa shape index (κ2) is 5.91. The largest absolute Gasteiger partial charge is 0.481 e. The van der Waals surface area contributed by atoms with Gasteiger partial charge in [0.2, 0.25) is 0 Å². The number of rotatable bonds is 4. The van der Waals surface area contributed by atoms with Crippen molar-refractivity contribution in [1.82, 2.24) is 9.80 Å². The molecule has 2 fully saturated rings. The van der Waals surface area contributed by atoms with Gasteiger partial charge < -0.3 is 14.9 Å². The molecule has 104 valence electrons. The number of likely N-dealkylation sites (tertiary alicyclic amines) is 1. The average Bonchev–Trinajstić information content (AvgIpc) is 3.23. The fraction of sp³-hybridized carbons (Fsp3) is 0.769. The topological polar surface area (TPSA) is 84.6 Å². The molecule has 1 heterocycles. The Kier molecular flexibility index (Phi) is 4.25. The lowest BCUT2D eigenvalue weighted by Gasteiger charge is -2.35. The summed E-state index contributed by atoms with van der Waals surface area (Å²) in [7, 11) is 0. The molecule has 1 aliphatic carbocycles. The van der Waals surface area contributed by atoms with Gasteiger partial charge in [0, 0.05) is 25.7 Å². The molecule has 0 bridgehead atoms. The Hall–Kier alpha value is -1.77. The minimum atomic E-state index is -0.826. The van der Waals surface area contributed by atoms with Crippen molar-refractivity contribution in [1.29, 1.82) is 5.26 Å². The van der Waals surface area contributed by atoms with Gasteiger partial charge in [-0.15, -0.1) is 0 Å². The monoisotopic (exact) mass is 265 g/mol. The number of aliphatic carboxylic acids is 1. The van der Waals surface area contributed by atoms with Gasteiger partial charge >= 0.3 is 12.0 Å². The van der Waals surface area contributed by atoms with Gasteiger partial charge in [-0.25, -0.2) is 4.79 Å². The Morgan fingerprint density at radius 3 is 2.68 bits per heavy atom. The van der Waals surface area contributed by atoms with E-state index in [0.29, 0.717) is 32.5 Å². The zero-order chi connectivity index (χ0) is 13.8. The van der Waals surface area contributed by atoms with Gasteiger partial charge in [-0.2, -0.15) is 5.26 Å². The Labute approximate surface area is 112 Å². The average molecular weight is 265 g/mol. The highest BCUT2D eigenvalue weighted by Crippen LogP contribution is 2.29. The molecule has 1 atom stereocenters. The molecule has 0 unspecified atom stereocenters. The number of carbonyl (C=O) groups is 2. The van der Waals surface area contributed by atoms with Crippen LogP contribution in [0.15, 0.2) is 0 Å². The maximum Gasteiger partial charge on any atom is 0.320 e. The molecule has 1 saturated heterocycles. The van der Waals surface area contributed by atoms with E-state index in [1.54, 1.807) is 9.80 Å². The third kappa shape index (κ3) is 3.37. The summed E-state index contributed by atoms with van der Waals surface area (Å²) in [5, 5.41) is 17.7. The molecule has 0 aromatic carbocycles. The second-order valence-electron chi connectivity index (χ2n) is 5.24. The number of amides is 2. The standard InChI is InChI=1S/C13H19N3O3/c14-6-2-8-16(11-4-5-11)13(19)15-7-1-3-10(9-15)12(17)18/h10-11H,1-5,7-9H2,(H,17,18)/t10-/m0/s1. The summed E-state index contributed by atoms with van der Waals surface area (Å²) in [6.45, 7) is 1.37. The summed E-state index contributed by atoms with van der Waals surface area (Å²) >= 11 is 0. The van der Waals surface area contributed by atoms with Crippen LogP contribution in [0.25, 0.3) is 0 Å². The van der Waals surface area contributed by atoms with Crippen molar-refractivity contribution in [3.05, 3.63) is 0 Å². The van der Waals surface area contributed by atoms with E-state index in [2.05, 4.69) is 6.07 Å². The van der Waals surface area contributed by atoms with Crippen LogP contribution < -0.4 is 0 Å². The Morgan fingerprint density at radius 2 is 2.11 bits per heavy atom. The van der Waals surface area contributed by atoms with Gasteiger partial charge in [0.1, 0.15) is 0 Å². The summed E-state index contributed by atoms with van der Waals surface area (Å²) in [5.74, 6) is -1.28. The number of carboxylic acids is 1. The van der Waals surface area contributed by atoms with Crippen molar-refractivity contribution >= 4 is 12.0 Å². The molecule has 2 amide bonds. The number of hydrogen-bond donors (Lipinski definition) is 1. The predicted octanol–water partition coefficient (Wildman–Crippen LogP) is 1.28. The van der Waals surface area contributed by atoms with E-state index in [4.69, 9.17) is 10.4 Å². The summed E-state index contributed by atoms with van der Waals surface area (Å²) in [4.78, 5) is 26.8. The van der Waals surface area contributed by atoms with Crippen LogP contribution in [0.4, 0.5) is 4.79 Å². The van der Waals surface area contributed by atoms with Crippen LogP contribution in [0.1, 0.15) is 32.1 Å². The first kappa shape index (κ1) is 13.7. The van der Waals surface area contributed by atoms with Gasteiger partial charge in [-0.05, 0) is 25.7 Å². The highest BCUT2D eigenvalue weighted by atomic mass is 16.4. The second-order valence-corrected chi connectivity index (χ2v) is 5.24. The Morgan fingerprint density at radius 1 is 1.37 bits per heavy atom. The summed E-state index contributed by atoms with van der Waals surface area (Å²) in [6, 6.07) is 2.22. The van der Waals surface area contributed by atoms with Crippen molar-refractivity contribution in [2.24, 2.45) is 5.92 Å². The molecule has 1 saturated carbocycles. The number of carbonyl (C=O) groups excluding carboxylic acids is 1. The summed E-state index contributed by atoms with van der Waals surface area (Å²) < 4.78 is 0. The third-order valence-electron chi connectivity index (χ3n) is 3.74. The molecule has 1 aliphatic heterocycles. The first-order valence-corrected chi connectivity index (χ1v) is 6.78. The van der Waals surface area contributed by atoms with Gasteiger partial charge in [0.25, 0.3) is 0 Å². The molecule has 6 heteroatoms. The van der Waals surface area contributed by atoms with Crippen molar-refractivity contribution in [2.75, 3.05) is 19.6 Å². The summed E-state index contributed by atoms with van der Waals surface area (Å²) in [6.07, 6.45) is 3.69. The first-order valence-electron chi connectivity index (χ1n) is 6.78. The SMILES string of the molecule is N#CCCN(C(=O)N1CCC[C@H](C(=O)O)C1)C1CC1. The lowest BCUT2D eigenvalue weighted by molar-refractivity contribution is -0.143. The first-order chi connectivity index (χ1) is 9.13. The van der Waals surface area contributed by atoms with E-state index in [9.17, 15) is 9.59 Å². The normalized spacial score (nSPS) is 22.7. The molecular formula is C13H19N3O3. The minimum Gasteiger partial charge on any atom is -0.481 e. The zero-order valence-electron chi connectivity index (χ0n) is 10.9. The van der Waals surface area contributed by atoms with E-state index in [0.717, 1.165) is 19.3 Å². The van der Waals surface area contributed by atoms with Crippen LogP contribution in [0.2, 0.25) is 0 Å². The van der Waals surface area contributed by atoms with Crippen molar-refractivity contribution in [3.8, 4) is 6.07 Å². The van der Waals surface area contributed by atoms with Crippen LogP contribution in [0.5, 0.6) is 0 Å². The number of carboxylic acid groups (broad SMARTS) is 1. The van der Waals surface area contributed by atoms with Crippen molar-refractivity contribution in [3.63, 3.8) is 0 Å². The van der Waals surface area contributed by atoms with Crippen LogP contribution in [-0.4, -0.2) is 52.6 Å². The fourth-order valence-corrected chi connectivity index (χ4v) is 2.53. The van der Waals surface area contributed by atoms with E-state index < -0.39 is 11.9 Å².